The third-order valence-corrected chi connectivity index (χ3v) is 2.59. The fourth-order valence-corrected chi connectivity index (χ4v) is 1.58. The van der Waals surface area contributed by atoms with E-state index in [9.17, 15) is 18.0 Å². The van der Waals surface area contributed by atoms with Gasteiger partial charge in [0.25, 0.3) is 5.91 Å². The summed E-state index contributed by atoms with van der Waals surface area (Å²) >= 11 is 0. The number of nitrogen functional groups attached to an aromatic ring is 1. The van der Waals surface area contributed by atoms with E-state index in [1.165, 1.54) is 10.9 Å². The number of nitrogens with two attached hydrogens (primary N) is 1. The smallest absolute Gasteiger partial charge is 0.278 e. The third kappa shape index (κ3) is 2.58. The summed E-state index contributed by atoms with van der Waals surface area (Å²) in [4.78, 5) is 11.9. The standard InChI is InChI=1S/C12H11F3N4O/c1-2-19-5-9(16)11(18-19)12(20)17-10-4-7(14)6(13)3-8(10)15/h3-5H,2,16H2,1H3,(H,17,20). The molecular weight excluding hydrogens is 273 g/mol. The quantitative estimate of drug-likeness (QED) is 0.848. The highest BCUT2D eigenvalue weighted by molar-refractivity contribution is 6.06. The molecule has 1 heterocycles. The van der Waals surface area contributed by atoms with E-state index in [4.69, 9.17) is 5.73 Å². The lowest BCUT2D eigenvalue weighted by Gasteiger charge is -2.06. The number of halogens is 3. The Morgan fingerprint density at radius 2 is 1.95 bits per heavy atom. The Kier molecular flexibility index (Phi) is 3.64. The molecule has 0 saturated carbocycles. The van der Waals surface area contributed by atoms with Gasteiger partial charge in [0.1, 0.15) is 5.82 Å². The Morgan fingerprint density at radius 1 is 1.30 bits per heavy atom. The molecule has 0 aliphatic heterocycles. The number of hydrogen-bond donors (Lipinski definition) is 2. The van der Waals surface area contributed by atoms with E-state index in [1.54, 1.807) is 6.92 Å². The van der Waals surface area contributed by atoms with Gasteiger partial charge in [-0.2, -0.15) is 5.10 Å². The molecule has 2 rings (SSSR count). The van der Waals surface area contributed by atoms with E-state index >= 15 is 0 Å². The monoisotopic (exact) mass is 284 g/mol. The van der Waals surface area contributed by atoms with Crippen molar-refractivity contribution in [1.29, 1.82) is 0 Å². The van der Waals surface area contributed by atoms with Gasteiger partial charge in [0, 0.05) is 24.9 Å². The van der Waals surface area contributed by atoms with Crippen LogP contribution < -0.4 is 11.1 Å². The first-order valence-electron chi connectivity index (χ1n) is 5.71. The van der Waals surface area contributed by atoms with Gasteiger partial charge in [-0.25, -0.2) is 13.2 Å². The Bertz CT molecular complexity index is 669. The highest BCUT2D eigenvalue weighted by atomic mass is 19.2. The fourth-order valence-electron chi connectivity index (χ4n) is 1.58. The maximum absolute atomic E-state index is 13.4. The first-order valence-corrected chi connectivity index (χ1v) is 5.71. The zero-order chi connectivity index (χ0) is 14.9. The summed E-state index contributed by atoms with van der Waals surface area (Å²) in [6.07, 6.45) is 1.44. The summed E-state index contributed by atoms with van der Waals surface area (Å²) < 4.78 is 40.6. The minimum atomic E-state index is -1.34. The molecule has 1 aromatic carbocycles. The van der Waals surface area contributed by atoms with Crippen molar-refractivity contribution in [3.8, 4) is 0 Å². The Hall–Kier alpha value is -2.51. The third-order valence-electron chi connectivity index (χ3n) is 2.59. The average Bonchev–Trinajstić information content (AvgIpc) is 2.77. The van der Waals surface area contributed by atoms with Crippen LogP contribution in [0, 0.1) is 17.5 Å². The van der Waals surface area contributed by atoms with Crippen LogP contribution in [-0.2, 0) is 6.54 Å². The lowest BCUT2D eigenvalue weighted by molar-refractivity contribution is 0.102. The number of anilines is 2. The molecule has 0 radical (unpaired) electrons. The Morgan fingerprint density at radius 3 is 2.55 bits per heavy atom. The number of benzene rings is 1. The molecule has 3 N–H and O–H groups in total. The number of amides is 1. The van der Waals surface area contributed by atoms with Gasteiger partial charge < -0.3 is 11.1 Å². The number of aryl methyl sites for hydroxylation is 1. The topological polar surface area (TPSA) is 72.9 Å². The number of rotatable bonds is 3. The fraction of sp³-hybridized carbons (Fsp3) is 0.167. The van der Waals surface area contributed by atoms with Crippen molar-refractivity contribution in [1.82, 2.24) is 9.78 Å². The van der Waals surface area contributed by atoms with Crippen molar-refractivity contribution in [2.75, 3.05) is 11.1 Å². The predicted molar refractivity (Wildman–Crippen MR) is 66.6 cm³/mol. The van der Waals surface area contributed by atoms with Crippen LogP contribution in [0.25, 0.3) is 0 Å². The summed E-state index contributed by atoms with van der Waals surface area (Å²) in [5, 5.41) is 5.98. The summed E-state index contributed by atoms with van der Waals surface area (Å²) in [7, 11) is 0. The van der Waals surface area contributed by atoms with E-state index in [-0.39, 0.29) is 11.4 Å². The minimum Gasteiger partial charge on any atom is -0.396 e. The van der Waals surface area contributed by atoms with Gasteiger partial charge in [-0.05, 0) is 6.92 Å². The summed E-state index contributed by atoms with van der Waals surface area (Å²) in [6, 6.07) is 0.897. The van der Waals surface area contributed by atoms with Crippen LogP contribution in [0.2, 0.25) is 0 Å². The highest BCUT2D eigenvalue weighted by Gasteiger charge is 2.18. The molecule has 0 unspecified atom stereocenters. The van der Waals surface area contributed by atoms with Crippen molar-refractivity contribution >= 4 is 17.3 Å². The van der Waals surface area contributed by atoms with Crippen molar-refractivity contribution in [2.24, 2.45) is 0 Å². The van der Waals surface area contributed by atoms with Gasteiger partial charge in [0.2, 0.25) is 0 Å². The molecule has 0 fully saturated rings. The van der Waals surface area contributed by atoms with Crippen LogP contribution in [0.15, 0.2) is 18.3 Å². The second-order valence-corrected chi connectivity index (χ2v) is 3.99. The van der Waals surface area contributed by atoms with Crippen LogP contribution in [0.1, 0.15) is 17.4 Å². The van der Waals surface area contributed by atoms with Gasteiger partial charge in [0.15, 0.2) is 17.3 Å². The zero-order valence-corrected chi connectivity index (χ0v) is 10.5. The maximum Gasteiger partial charge on any atom is 0.278 e. The van der Waals surface area contributed by atoms with E-state index in [0.29, 0.717) is 18.7 Å². The van der Waals surface area contributed by atoms with Gasteiger partial charge in [-0.1, -0.05) is 0 Å². The molecule has 1 aromatic heterocycles. The maximum atomic E-state index is 13.4. The molecule has 1 amide bonds. The first-order chi connectivity index (χ1) is 9.42. The van der Waals surface area contributed by atoms with Crippen LogP contribution in [0.3, 0.4) is 0 Å². The number of aromatic nitrogens is 2. The molecule has 0 aliphatic rings. The van der Waals surface area contributed by atoms with Crippen molar-refractivity contribution in [3.63, 3.8) is 0 Å². The number of hydrogen-bond acceptors (Lipinski definition) is 3. The van der Waals surface area contributed by atoms with E-state index in [0.717, 1.165) is 0 Å². The number of carbonyl (C=O) groups is 1. The summed E-state index contributed by atoms with van der Waals surface area (Å²) in [5.41, 5.74) is 5.09. The zero-order valence-electron chi connectivity index (χ0n) is 10.5. The van der Waals surface area contributed by atoms with E-state index in [2.05, 4.69) is 10.4 Å². The molecule has 0 spiro atoms. The molecule has 8 heteroatoms. The number of carbonyl (C=O) groups excluding carboxylic acids is 1. The molecule has 20 heavy (non-hydrogen) atoms. The van der Waals surface area contributed by atoms with Gasteiger partial charge >= 0.3 is 0 Å². The summed E-state index contributed by atoms with van der Waals surface area (Å²) in [5.74, 6) is -4.51. The molecule has 0 atom stereocenters. The number of nitrogens with zero attached hydrogens (tertiary/aromatic N) is 2. The lowest BCUT2D eigenvalue weighted by Crippen LogP contribution is -2.16. The van der Waals surface area contributed by atoms with Gasteiger partial charge in [0.05, 0.1) is 11.4 Å². The second kappa shape index (κ2) is 5.24. The normalized spacial score (nSPS) is 10.6. The summed E-state index contributed by atoms with van der Waals surface area (Å²) in [6.45, 7) is 2.29. The molecule has 2 aromatic rings. The molecule has 0 saturated heterocycles. The van der Waals surface area contributed by atoms with Crippen molar-refractivity contribution in [2.45, 2.75) is 13.5 Å². The van der Waals surface area contributed by atoms with E-state index < -0.39 is 29.0 Å². The van der Waals surface area contributed by atoms with Crippen LogP contribution >= 0.6 is 0 Å². The Labute approximate surface area is 112 Å². The van der Waals surface area contributed by atoms with Crippen molar-refractivity contribution in [3.05, 3.63) is 41.5 Å². The molecule has 5 nitrogen and oxygen atoms in total. The van der Waals surface area contributed by atoms with Crippen LogP contribution in [-0.4, -0.2) is 15.7 Å². The number of nitrogens with one attached hydrogen (secondary N) is 1. The molecule has 0 aliphatic carbocycles. The van der Waals surface area contributed by atoms with Crippen molar-refractivity contribution < 1.29 is 18.0 Å². The second-order valence-electron chi connectivity index (χ2n) is 3.99. The van der Waals surface area contributed by atoms with Crippen LogP contribution in [0.4, 0.5) is 24.5 Å². The largest absolute Gasteiger partial charge is 0.396 e. The first kappa shape index (κ1) is 13.9. The Balaban J connectivity index is 2.27. The lowest BCUT2D eigenvalue weighted by atomic mass is 10.2. The van der Waals surface area contributed by atoms with Gasteiger partial charge in [-0.3, -0.25) is 9.48 Å². The minimum absolute atomic E-state index is 0.104. The predicted octanol–water partition coefficient (Wildman–Crippen LogP) is 2.15. The average molecular weight is 284 g/mol. The SMILES string of the molecule is CCn1cc(N)c(C(=O)Nc2cc(F)c(F)cc2F)n1. The molecule has 106 valence electrons. The van der Waals surface area contributed by atoms with Gasteiger partial charge in [-0.15, -0.1) is 0 Å². The molecule has 0 bridgehead atoms. The van der Waals surface area contributed by atoms with Crippen LogP contribution in [0.5, 0.6) is 0 Å². The molecular formula is C12H11F3N4O. The highest BCUT2D eigenvalue weighted by Crippen LogP contribution is 2.20. The van der Waals surface area contributed by atoms with E-state index in [1.807, 2.05) is 0 Å².